The molecule has 0 aromatic heterocycles. The van der Waals surface area contributed by atoms with Gasteiger partial charge in [0.15, 0.2) is 5.78 Å². The molecule has 1 aliphatic rings. The molecule has 3 atom stereocenters. The summed E-state index contributed by atoms with van der Waals surface area (Å²) in [5.74, 6) is -0.505. The highest BCUT2D eigenvalue weighted by atomic mass is 16.3. The van der Waals surface area contributed by atoms with Gasteiger partial charge in [0.1, 0.15) is 12.2 Å². The summed E-state index contributed by atoms with van der Waals surface area (Å²) in [5, 5.41) is 17.8. The number of aliphatic hydroxyl groups is 2. The number of hydrogen-bond donors (Lipinski definition) is 2. The molecule has 0 aromatic rings. The lowest BCUT2D eigenvalue weighted by Crippen LogP contribution is -2.23. The van der Waals surface area contributed by atoms with Crippen LogP contribution in [0.25, 0.3) is 0 Å². The Morgan fingerprint density at radius 1 is 1.56 bits per heavy atom. The molecule has 1 saturated carbocycles. The molecule has 0 aromatic carbocycles. The van der Waals surface area contributed by atoms with Gasteiger partial charge in [-0.2, -0.15) is 0 Å². The van der Waals surface area contributed by atoms with E-state index < -0.39 is 18.0 Å². The van der Waals surface area contributed by atoms with Gasteiger partial charge in [-0.25, -0.2) is 0 Å². The second kappa shape index (κ2) is 2.08. The summed E-state index contributed by atoms with van der Waals surface area (Å²) in [6.07, 6.45) is -1.45. The number of carbonyl (C=O) groups is 1. The Kier molecular flexibility index (Phi) is 1.55. The Labute approximate surface area is 53.3 Å². The minimum Gasteiger partial charge on any atom is -0.385 e. The number of hydrogen-bond acceptors (Lipinski definition) is 3. The molecule has 0 bridgehead atoms. The predicted octanol–water partition coefficient (Wildman–Crippen LogP) is -0.683. The first kappa shape index (κ1) is 6.71. The van der Waals surface area contributed by atoms with Gasteiger partial charge >= 0.3 is 0 Å². The molecule has 3 unspecified atom stereocenters. The lowest BCUT2D eigenvalue weighted by atomic mass is 10.1. The van der Waals surface area contributed by atoms with Gasteiger partial charge in [0.05, 0.1) is 0 Å². The van der Waals surface area contributed by atoms with E-state index in [0.717, 1.165) is 0 Å². The Morgan fingerprint density at radius 3 is 2.22 bits per heavy atom. The largest absolute Gasteiger partial charge is 0.385 e. The normalized spacial score (nSPS) is 43.9. The summed E-state index contributed by atoms with van der Waals surface area (Å²) in [4.78, 5) is 10.6. The third-order valence-electron chi connectivity index (χ3n) is 1.75. The van der Waals surface area contributed by atoms with Gasteiger partial charge in [0.2, 0.25) is 0 Å². The van der Waals surface area contributed by atoms with Gasteiger partial charge < -0.3 is 10.2 Å². The van der Waals surface area contributed by atoms with E-state index in [9.17, 15) is 4.79 Å². The molecular formula is C6H10O3. The Balaban J connectivity index is 2.65. The standard InChI is InChI=1S/C6H10O3/c1-3-2-4(7)6(9)5(3)8/h3-5,7-8H,2H2,1H3. The van der Waals surface area contributed by atoms with Crippen molar-refractivity contribution in [2.75, 3.05) is 0 Å². The topological polar surface area (TPSA) is 57.5 Å². The van der Waals surface area contributed by atoms with Gasteiger partial charge in [-0.1, -0.05) is 6.92 Å². The number of rotatable bonds is 0. The molecule has 3 heteroatoms. The summed E-state index contributed by atoms with van der Waals surface area (Å²) in [5.41, 5.74) is 0. The monoisotopic (exact) mass is 130 g/mol. The summed E-state index contributed by atoms with van der Waals surface area (Å²) in [7, 11) is 0. The second-order valence-electron chi connectivity index (χ2n) is 2.58. The fourth-order valence-corrected chi connectivity index (χ4v) is 1.07. The first-order valence-corrected chi connectivity index (χ1v) is 3.03. The number of ketones is 1. The highest BCUT2D eigenvalue weighted by Gasteiger charge is 2.36. The van der Waals surface area contributed by atoms with Crippen LogP contribution in [0.4, 0.5) is 0 Å². The molecule has 9 heavy (non-hydrogen) atoms. The predicted molar refractivity (Wildman–Crippen MR) is 30.8 cm³/mol. The van der Waals surface area contributed by atoms with Crippen LogP contribution in [0.3, 0.4) is 0 Å². The Hall–Kier alpha value is -0.410. The zero-order valence-corrected chi connectivity index (χ0v) is 5.24. The molecule has 0 spiro atoms. The molecule has 0 radical (unpaired) electrons. The Bertz CT molecular complexity index is 132. The van der Waals surface area contributed by atoms with Crippen molar-refractivity contribution in [3.63, 3.8) is 0 Å². The van der Waals surface area contributed by atoms with E-state index in [1.54, 1.807) is 6.92 Å². The summed E-state index contributed by atoms with van der Waals surface area (Å²) in [6, 6.07) is 0. The van der Waals surface area contributed by atoms with Crippen LogP contribution in [0.1, 0.15) is 13.3 Å². The third kappa shape index (κ3) is 0.976. The van der Waals surface area contributed by atoms with E-state index in [1.165, 1.54) is 0 Å². The quantitative estimate of drug-likeness (QED) is 0.456. The van der Waals surface area contributed by atoms with Crippen LogP contribution in [0.5, 0.6) is 0 Å². The molecule has 3 nitrogen and oxygen atoms in total. The maximum atomic E-state index is 10.6. The van der Waals surface area contributed by atoms with Crippen molar-refractivity contribution >= 4 is 5.78 Å². The van der Waals surface area contributed by atoms with Crippen molar-refractivity contribution < 1.29 is 15.0 Å². The lowest BCUT2D eigenvalue weighted by molar-refractivity contribution is -0.131. The lowest BCUT2D eigenvalue weighted by Gasteiger charge is -2.02. The molecule has 0 aliphatic heterocycles. The molecule has 0 amide bonds. The van der Waals surface area contributed by atoms with E-state index in [-0.39, 0.29) is 5.92 Å². The van der Waals surface area contributed by atoms with E-state index in [1.807, 2.05) is 0 Å². The number of aliphatic hydroxyl groups excluding tert-OH is 2. The minimum absolute atomic E-state index is 0.0764. The molecule has 1 rings (SSSR count). The third-order valence-corrected chi connectivity index (χ3v) is 1.75. The Morgan fingerprint density at radius 2 is 2.11 bits per heavy atom. The van der Waals surface area contributed by atoms with Crippen LogP contribution in [0.15, 0.2) is 0 Å². The van der Waals surface area contributed by atoms with Crippen molar-refractivity contribution in [2.24, 2.45) is 5.92 Å². The average Bonchev–Trinajstić information content (AvgIpc) is 1.98. The van der Waals surface area contributed by atoms with Crippen LogP contribution < -0.4 is 0 Å². The van der Waals surface area contributed by atoms with Crippen molar-refractivity contribution in [3.05, 3.63) is 0 Å². The maximum absolute atomic E-state index is 10.6. The molecule has 52 valence electrons. The molecule has 0 heterocycles. The summed E-state index contributed by atoms with van der Waals surface area (Å²) < 4.78 is 0. The van der Waals surface area contributed by atoms with Gasteiger partial charge in [-0.05, 0) is 12.3 Å². The van der Waals surface area contributed by atoms with Gasteiger partial charge in [0, 0.05) is 0 Å². The van der Waals surface area contributed by atoms with Crippen LogP contribution in [-0.2, 0) is 4.79 Å². The SMILES string of the molecule is CC1CC(O)C(=O)C1O. The van der Waals surface area contributed by atoms with Crippen LogP contribution in [0, 0.1) is 5.92 Å². The maximum Gasteiger partial charge on any atom is 0.189 e. The van der Waals surface area contributed by atoms with E-state index in [4.69, 9.17) is 10.2 Å². The van der Waals surface area contributed by atoms with Crippen LogP contribution in [-0.4, -0.2) is 28.2 Å². The second-order valence-corrected chi connectivity index (χ2v) is 2.58. The fourth-order valence-electron chi connectivity index (χ4n) is 1.07. The smallest absolute Gasteiger partial charge is 0.189 e. The van der Waals surface area contributed by atoms with Crippen molar-refractivity contribution in [1.82, 2.24) is 0 Å². The van der Waals surface area contributed by atoms with Crippen molar-refractivity contribution in [3.8, 4) is 0 Å². The van der Waals surface area contributed by atoms with Crippen LogP contribution in [0.2, 0.25) is 0 Å². The number of Topliss-reactive ketones (excluding diaryl/α,β-unsaturated/α-hetero) is 1. The molecule has 1 aliphatic carbocycles. The summed E-state index contributed by atoms with van der Waals surface area (Å²) in [6.45, 7) is 1.75. The van der Waals surface area contributed by atoms with Gasteiger partial charge in [-0.3, -0.25) is 4.79 Å². The average molecular weight is 130 g/mol. The van der Waals surface area contributed by atoms with E-state index >= 15 is 0 Å². The molecular weight excluding hydrogens is 120 g/mol. The molecule has 1 fully saturated rings. The van der Waals surface area contributed by atoms with E-state index in [2.05, 4.69) is 0 Å². The molecule has 2 N–H and O–H groups in total. The van der Waals surface area contributed by atoms with Crippen LogP contribution >= 0.6 is 0 Å². The van der Waals surface area contributed by atoms with E-state index in [0.29, 0.717) is 6.42 Å². The number of carbonyl (C=O) groups excluding carboxylic acids is 1. The zero-order chi connectivity index (χ0) is 7.02. The zero-order valence-electron chi connectivity index (χ0n) is 5.24. The molecule has 0 saturated heterocycles. The van der Waals surface area contributed by atoms with Crippen molar-refractivity contribution in [2.45, 2.75) is 25.6 Å². The highest BCUT2D eigenvalue weighted by Crippen LogP contribution is 2.21. The van der Waals surface area contributed by atoms with Gasteiger partial charge in [0.25, 0.3) is 0 Å². The fraction of sp³-hybridized carbons (Fsp3) is 0.833. The summed E-state index contributed by atoms with van der Waals surface area (Å²) >= 11 is 0. The first-order chi connectivity index (χ1) is 4.13. The van der Waals surface area contributed by atoms with Crippen molar-refractivity contribution in [1.29, 1.82) is 0 Å². The first-order valence-electron chi connectivity index (χ1n) is 3.03. The van der Waals surface area contributed by atoms with Gasteiger partial charge in [-0.15, -0.1) is 0 Å². The minimum atomic E-state index is -0.931. The highest BCUT2D eigenvalue weighted by molar-refractivity contribution is 5.89.